The van der Waals surface area contributed by atoms with E-state index in [9.17, 15) is 10.2 Å². The lowest BCUT2D eigenvalue weighted by Gasteiger charge is -2.27. The number of benzene rings is 1. The Kier molecular flexibility index (Phi) is 3.57. The number of hydrogen-bond acceptors (Lipinski definition) is 3. The summed E-state index contributed by atoms with van der Waals surface area (Å²) in [5, 5.41) is 22.8. The van der Waals surface area contributed by atoms with Gasteiger partial charge in [-0.3, -0.25) is 0 Å². The zero-order chi connectivity index (χ0) is 12.4. The summed E-state index contributed by atoms with van der Waals surface area (Å²) >= 11 is 0. The molecular formula is C14H21NO2. The molecule has 3 heteroatoms. The Morgan fingerprint density at radius 2 is 1.76 bits per heavy atom. The summed E-state index contributed by atoms with van der Waals surface area (Å²) in [5.74, 6) is 0.380. The lowest BCUT2D eigenvalue weighted by atomic mass is 9.92. The molecule has 0 aliphatic heterocycles. The van der Waals surface area contributed by atoms with E-state index >= 15 is 0 Å². The molecule has 17 heavy (non-hydrogen) atoms. The number of aromatic hydroxyl groups is 1. The Morgan fingerprint density at radius 3 is 2.41 bits per heavy atom. The Bertz CT molecular complexity index is 395. The van der Waals surface area contributed by atoms with Gasteiger partial charge in [0.2, 0.25) is 0 Å². The van der Waals surface area contributed by atoms with Crippen molar-refractivity contribution >= 4 is 5.69 Å². The van der Waals surface area contributed by atoms with Gasteiger partial charge in [-0.25, -0.2) is 0 Å². The van der Waals surface area contributed by atoms with Gasteiger partial charge in [-0.15, -0.1) is 0 Å². The summed E-state index contributed by atoms with van der Waals surface area (Å²) in [7, 11) is 0. The molecule has 0 spiro atoms. The third-order valence-electron chi connectivity index (χ3n) is 3.69. The van der Waals surface area contributed by atoms with Crippen molar-refractivity contribution in [2.24, 2.45) is 0 Å². The molecule has 1 fully saturated rings. The number of aryl methyl sites for hydroxylation is 1. The fraction of sp³-hybridized carbons (Fsp3) is 0.571. The minimum absolute atomic E-state index is 0.124. The smallest absolute Gasteiger partial charge is 0.123 e. The van der Waals surface area contributed by atoms with Gasteiger partial charge in [0.1, 0.15) is 5.75 Å². The fourth-order valence-electron chi connectivity index (χ4n) is 2.43. The molecule has 0 bridgehead atoms. The average molecular weight is 235 g/mol. The lowest BCUT2D eigenvalue weighted by molar-refractivity contribution is 0.126. The highest BCUT2D eigenvalue weighted by Crippen LogP contribution is 2.30. The number of rotatable bonds is 2. The normalized spacial score (nSPS) is 24.6. The molecule has 0 aromatic heterocycles. The minimum atomic E-state index is -0.124. The maximum absolute atomic E-state index is 9.88. The third-order valence-corrected chi connectivity index (χ3v) is 3.69. The van der Waals surface area contributed by atoms with Crippen LogP contribution in [0, 0.1) is 13.8 Å². The Morgan fingerprint density at radius 1 is 1.12 bits per heavy atom. The van der Waals surface area contributed by atoms with Crippen LogP contribution >= 0.6 is 0 Å². The van der Waals surface area contributed by atoms with Gasteiger partial charge in [0, 0.05) is 17.3 Å². The maximum atomic E-state index is 9.88. The molecule has 0 atom stereocenters. The quantitative estimate of drug-likeness (QED) is 0.738. The van der Waals surface area contributed by atoms with Gasteiger partial charge in [0.15, 0.2) is 0 Å². The number of phenolic OH excluding ortho intramolecular Hbond substituents is 1. The minimum Gasteiger partial charge on any atom is -0.507 e. The van der Waals surface area contributed by atoms with Crippen molar-refractivity contribution in [3.05, 3.63) is 23.3 Å². The lowest BCUT2D eigenvalue weighted by Crippen LogP contribution is -2.28. The Balaban J connectivity index is 2.06. The molecule has 0 heterocycles. The van der Waals surface area contributed by atoms with Gasteiger partial charge in [-0.1, -0.05) is 6.07 Å². The largest absolute Gasteiger partial charge is 0.507 e. The molecule has 0 saturated heterocycles. The van der Waals surface area contributed by atoms with E-state index in [4.69, 9.17) is 0 Å². The number of nitrogens with one attached hydrogen (secondary N) is 1. The maximum Gasteiger partial charge on any atom is 0.123 e. The van der Waals surface area contributed by atoms with E-state index in [0.717, 1.165) is 42.5 Å². The first-order valence-electron chi connectivity index (χ1n) is 6.31. The van der Waals surface area contributed by atoms with Crippen molar-refractivity contribution < 1.29 is 10.2 Å². The molecule has 1 aromatic carbocycles. The van der Waals surface area contributed by atoms with Crippen LogP contribution < -0.4 is 5.32 Å². The second-order valence-electron chi connectivity index (χ2n) is 5.05. The first-order chi connectivity index (χ1) is 8.08. The SMILES string of the molecule is Cc1ccc(NC2CCC(O)CC2)c(C)c1O. The summed E-state index contributed by atoms with van der Waals surface area (Å²) in [6, 6.07) is 4.37. The number of hydrogen-bond donors (Lipinski definition) is 3. The summed E-state index contributed by atoms with van der Waals surface area (Å²) in [6.45, 7) is 3.84. The molecule has 0 radical (unpaired) electrons. The molecule has 1 aliphatic carbocycles. The molecule has 0 unspecified atom stereocenters. The third kappa shape index (κ3) is 2.72. The zero-order valence-corrected chi connectivity index (χ0v) is 10.5. The van der Waals surface area contributed by atoms with E-state index in [1.807, 2.05) is 26.0 Å². The van der Waals surface area contributed by atoms with E-state index in [-0.39, 0.29) is 6.10 Å². The Labute approximate surface area is 102 Å². The highest BCUT2D eigenvalue weighted by atomic mass is 16.3. The van der Waals surface area contributed by atoms with E-state index in [1.165, 1.54) is 0 Å². The van der Waals surface area contributed by atoms with Crippen molar-refractivity contribution in [1.29, 1.82) is 0 Å². The monoisotopic (exact) mass is 235 g/mol. The van der Waals surface area contributed by atoms with E-state index in [1.54, 1.807) is 0 Å². The molecule has 1 aromatic rings. The van der Waals surface area contributed by atoms with Crippen LogP contribution in [0.2, 0.25) is 0 Å². The number of aliphatic hydroxyl groups excluding tert-OH is 1. The second-order valence-corrected chi connectivity index (χ2v) is 5.05. The van der Waals surface area contributed by atoms with Gasteiger partial charge < -0.3 is 15.5 Å². The van der Waals surface area contributed by atoms with Crippen LogP contribution in [0.25, 0.3) is 0 Å². The van der Waals surface area contributed by atoms with E-state index in [0.29, 0.717) is 11.8 Å². The molecular weight excluding hydrogens is 214 g/mol. The van der Waals surface area contributed by atoms with Crippen molar-refractivity contribution in [2.75, 3.05) is 5.32 Å². The number of anilines is 1. The topological polar surface area (TPSA) is 52.5 Å². The number of phenols is 1. The molecule has 1 aliphatic rings. The molecule has 94 valence electrons. The van der Waals surface area contributed by atoms with Crippen LogP contribution in [-0.4, -0.2) is 22.4 Å². The standard InChI is InChI=1S/C14H21NO2/c1-9-3-8-13(10(2)14(9)17)15-11-4-6-12(16)7-5-11/h3,8,11-12,15-17H,4-7H2,1-2H3. The highest BCUT2D eigenvalue weighted by Gasteiger charge is 2.19. The van der Waals surface area contributed by atoms with Crippen LogP contribution in [0.3, 0.4) is 0 Å². The first kappa shape index (κ1) is 12.2. The predicted octanol–water partition coefficient (Wildman–Crippen LogP) is 2.72. The van der Waals surface area contributed by atoms with E-state index < -0.39 is 0 Å². The van der Waals surface area contributed by atoms with Gasteiger partial charge in [-0.2, -0.15) is 0 Å². The van der Waals surface area contributed by atoms with Crippen LogP contribution in [0.1, 0.15) is 36.8 Å². The predicted molar refractivity (Wildman–Crippen MR) is 69.5 cm³/mol. The fourth-order valence-corrected chi connectivity index (χ4v) is 2.43. The summed E-state index contributed by atoms with van der Waals surface area (Å²) in [6.07, 6.45) is 3.61. The summed E-state index contributed by atoms with van der Waals surface area (Å²) in [4.78, 5) is 0. The van der Waals surface area contributed by atoms with Crippen LogP contribution in [-0.2, 0) is 0 Å². The molecule has 0 amide bonds. The van der Waals surface area contributed by atoms with Gasteiger partial charge >= 0.3 is 0 Å². The van der Waals surface area contributed by atoms with Crippen molar-refractivity contribution in [3.63, 3.8) is 0 Å². The second kappa shape index (κ2) is 4.96. The molecule has 1 saturated carbocycles. The van der Waals surface area contributed by atoms with Crippen LogP contribution in [0.5, 0.6) is 5.75 Å². The van der Waals surface area contributed by atoms with Crippen LogP contribution in [0.4, 0.5) is 5.69 Å². The zero-order valence-electron chi connectivity index (χ0n) is 10.5. The van der Waals surface area contributed by atoms with E-state index in [2.05, 4.69) is 5.32 Å². The van der Waals surface area contributed by atoms with Gasteiger partial charge in [0.25, 0.3) is 0 Å². The Hall–Kier alpha value is -1.22. The summed E-state index contributed by atoms with van der Waals surface area (Å²) < 4.78 is 0. The van der Waals surface area contributed by atoms with Gasteiger partial charge in [-0.05, 0) is 51.2 Å². The van der Waals surface area contributed by atoms with Crippen molar-refractivity contribution in [3.8, 4) is 5.75 Å². The van der Waals surface area contributed by atoms with Gasteiger partial charge in [0.05, 0.1) is 6.10 Å². The molecule has 3 N–H and O–H groups in total. The van der Waals surface area contributed by atoms with Crippen molar-refractivity contribution in [1.82, 2.24) is 0 Å². The first-order valence-corrected chi connectivity index (χ1v) is 6.31. The molecule has 2 rings (SSSR count). The van der Waals surface area contributed by atoms with Crippen LogP contribution in [0.15, 0.2) is 12.1 Å². The van der Waals surface area contributed by atoms with Crippen molar-refractivity contribution in [2.45, 2.75) is 51.7 Å². The summed E-state index contributed by atoms with van der Waals surface area (Å²) in [5.41, 5.74) is 2.83. The average Bonchev–Trinajstić information content (AvgIpc) is 2.33. The highest BCUT2D eigenvalue weighted by molar-refractivity contribution is 5.59. The molecule has 3 nitrogen and oxygen atoms in total. The number of aliphatic hydroxyl groups is 1.